The first-order valence-electron chi connectivity index (χ1n) is 6.65. The Morgan fingerprint density at radius 2 is 1.74 bits per heavy atom. The van der Waals surface area contributed by atoms with Crippen LogP contribution in [0.15, 0.2) is 42.5 Å². The molecule has 0 aliphatic heterocycles. The second-order valence-corrected chi connectivity index (χ2v) is 5.23. The van der Waals surface area contributed by atoms with E-state index in [4.69, 9.17) is 0 Å². The van der Waals surface area contributed by atoms with Crippen molar-refractivity contribution in [3.63, 3.8) is 0 Å². The van der Waals surface area contributed by atoms with Crippen LogP contribution in [0.5, 0.6) is 0 Å². The number of aryl methyl sites for hydroxylation is 1. The van der Waals surface area contributed by atoms with Gasteiger partial charge in [-0.1, -0.05) is 44.2 Å². The lowest BCUT2D eigenvalue weighted by Crippen LogP contribution is -2.02. The maximum absolute atomic E-state index is 13.6. The molecule has 2 rings (SSSR count). The van der Waals surface area contributed by atoms with Crippen molar-refractivity contribution in [1.82, 2.24) is 0 Å². The molecule has 2 aromatic carbocycles. The van der Waals surface area contributed by atoms with Gasteiger partial charge in [0.1, 0.15) is 5.82 Å². The van der Waals surface area contributed by atoms with Crippen molar-refractivity contribution in [2.24, 2.45) is 0 Å². The molecule has 1 N–H and O–H groups in total. The summed E-state index contributed by atoms with van der Waals surface area (Å²) in [6, 6.07) is 13.6. The summed E-state index contributed by atoms with van der Waals surface area (Å²) in [5.41, 5.74) is 4.10. The normalized spacial score (nSPS) is 10.8. The zero-order valence-corrected chi connectivity index (χ0v) is 11.7. The number of nitrogens with one attached hydrogen (secondary N) is 1. The average molecular weight is 257 g/mol. The van der Waals surface area contributed by atoms with Crippen LogP contribution in [0.25, 0.3) is 0 Å². The van der Waals surface area contributed by atoms with Gasteiger partial charge in [0.25, 0.3) is 0 Å². The van der Waals surface area contributed by atoms with Crippen LogP contribution in [0.3, 0.4) is 0 Å². The molecule has 0 radical (unpaired) electrons. The minimum Gasteiger partial charge on any atom is -0.379 e. The largest absolute Gasteiger partial charge is 0.379 e. The van der Waals surface area contributed by atoms with Crippen LogP contribution in [0.2, 0.25) is 0 Å². The van der Waals surface area contributed by atoms with E-state index in [1.54, 1.807) is 6.07 Å². The van der Waals surface area contributed by atoms with Gasteiger partial charge >= 0.3 is 0 Å². The maximum Gasteiger partial charge on any atom is 0.146 e. The van der Waals surface area contributed by atoms with Gasteiger partial charge < -0.3 is 5.32 Å². The maximum atomic E-state index is 13.6. The molecule has 0 saturated carbocycles. The number of halogens is 1. The van der Waals surface area contributed by atoms with Crippen LogP contribution in [0, 0.1) is 12.7 Å². The molecule has 0 heterocycles. The van der Waals surface area contributed by atoms with E-state index in [0.29, 0.717) is 18.2 Å². The Morgan fingerprint density at radius 3 is 2.37 bits per heavy atom. The Bertz CT molecular complexity index is 544. The molecule has 0 amide bonds. The van der Waals surface area contributed by atoms with Crippen LogP contribution in [-0.2, 0) is 6.54 Å². The third-order valence-electron chi connectivity index (χ3n) is 3.25. The van der Waals surface area contributed by atoms with Crippen LogP contribution in [0.1, 0.15) is 36.5 Å². The minimum atomic E-state index is -0.204. The first kappa shape index (κ1) is 13.6. The lowest BCUT2D eigenvalue weighted by Gasteiger charge is -2.10. The molecule has 0 atom stereocenters. The van der Waals surface area contributed by atoms with Crippen LogP contribution in [-0.4, -0.2) is 0 Å². The zero-order chi connectivity index (χ0) is 13.8. The molecular formula is C17H20FN. The number of benzene rings is 2. The van der Waals surface area contributed by atoms with Crippen molar-refractivity contribution in [3.05, 3.63) is 65.0 Å². The molecule has 2 aromatic rings. The summed E-state index contributed by atoms with van der Waals surface area (Å²) in [6.45, 7) is 6.95. The molecule has 0 saturated heterocycles. The summed E-state index contributed by atoms with van der Waals surface area (Å²) >= 11 is 0. The van der Waals surface area contributed by atoms with Gasteiger partial charge in [-0.2, -0.15) is 0 Å². The predicted octanol–water partition coefficient (Wildman–Crippen LogP) is 4.87. The van der Waals surface area contributed by atoms with Gasteiger partial charge in [0, 0.05) is 6.54 Å². The highest BCUT2D eigenvalue weighted by atomic mass is 19.1. The molecule has 19 heavy (non-hydrogen) atoms. The first-order valence-corrected chi connectivity index (χ1v) is 6.65. The van der Waals surface area contributed by atoms with Gasteiger partial charge in [-0.05, 0) is 41.7 Å². The molecule has 0 unspecified atom stereocenters. The van der Waals surface area contributed by atoms with E-state index in [1.807, 2.05) is 13.0 Å². The number of anilines is 1. The van der Waals surface area contributed by atoms with Gasteiger partial charge in [0.15, 0.2) is 0 Å². The Morgan fingerprint density at radius 1 is 1.05 bits per heavy atom. The minimum absolute atomic E-state index is 0.204. The fraction of sp³-hybridized carbons (Fsp3) is 0.294. The van der Waals surface area contributed by atoms with E-state index < -0.39 is 0 Å². The molecule has 0 aromatic heterocycles. The molecule has 0 spiro atoms. The number of hydrogen-bond donors (Lipinski definition) is 1. The summed E-state index contributed by atoms with van der Waals surface area (Å²) in [4.78, 5) is 0. The second-order valence-electron chi connectivity index (χ2n) is 5.23. The van der Waals surface area contributed by atoms with Crippen LogP contribution in [0.4, 0.5) is 10.1 Å². The van der Waals surface area contributed by atoms with E-state index >= 15 is 0 Å². The van der Waals surface area contributed by atoms with Gasteiger partial charge in [0.2, 0.25) is 0 Å². The Hall–Kier alpha value is -1.83. The summed E-state index contributed by atoms with van der Waals surface area (Å²) in [5, 5.41) is 3.14. The third kappa shape index (κ3) is 3.57. The highest BCUT2D eigenvalue weighted by Gasteiger charge is 2.02. The monoisotopic (exact) mass is 257 g/mol. The van der Waals surface area contributed by atoms with Gasteiger partial charge in [-0.3, -0.25) is 0 Å². The van der Waals surface area contributed by atoms with Crippen LogP contribution < -0.4 is 5.32 Å². The molecule has 0 fully saturated rings. The van der Waals surface area contributed by atoms with Crippen molar-refractivity contribution in [2.45, 2.75) is 33.2 Å². The highest BCUT2D eigenvalue weighted by Crippen LogP contribution is 2.18. The standard InChI is InChI=1S/C17H20FN/c1-12(2)15-7-5-14(6-8-15)11-19-17-10-13(3)4-9-16(17)18/h4-10,12,19H,11H2,1-3H3. The fourth-order valence-electron chi connectivity index (χ4n) is 1.99. The lowest BCUT2D eigenvalue weighted by atomic mass is 10.0. The summed E-state index contributed by atoms with van der Waals surface area (Å²) in [7, 11) is 0. The SMILES string of the molecule is Cc1ccc(F)c(NCc2ccc(C(C)C)cc2)c1. The van der Waals surface area contributed by atoms with Crippen molar-refractivity contribution >= 4 is 5.69 Å². The van der Waals surface area contributed by atoms with Gasteiger partial charge in [-0.25, -0.2) is 4.39 Å². The first-order chi connectivity index (χ1) is 9.06. The smallest absolute Gasteiger partial charge is 0.146 e. The molecule has 100 valence electrons. The Balaban J connectivity index is 2.04. The van der Waals surface area contributed by atoms with Gasteiger partial charge in [-0.15, -0.1) is 0 Å². The van der Waals surface area contributed by atoms with E-state index in [9.17, 15) is 4.39 Å². The third-order valence-corrected chi connectivity index (χ3v) is 3.25. The van der Waals surface area contributed by atoms with E-state index in [-0.39, 0.29) is 5.82 Å². The zero-order valence-electron chi connectivity index (χ0n) is 11.7. The summed E-state index contributed by atoms with van der Waals surface area (Å²) in [5.74, 6) is 0.334. The van der Waals surface area contributed by atoms with Crippen molar-refractivity contribution in [3.8, 4) is 0 Å². The van der Waals surface area contributed by atoms with Gasteiger partial charge in [0.05, 0.1) is 5.69 Å². The van der Waals surface area contributed by atoms with E-state index in [1.165, 1.54) is 11.6 Å². The number of hydrogen-bond acceptors (Lipinski definition) is 1. The van der Waals surface area contributed by atoms with Crippen molar-refractivity contribution in [1.29, 1.82) is 0 Å². The molecule has 0 aliphatic rings. The van der Waals surface area contributed by atoms with Crippen LogP contribution >= 0.6 is 0 Å². The molecule has 0 aliphatic carbocycles. The summed E-state index contributed by atoms with van der Waals surface area (Å²) < 4.78 is 13.6. The molecule has 0 bridgehead atoms. The van der Waals surface area contributed by atoms with Crippen molar-refractivity contribution < 1.29 is 4.39 Å². The second kappa shape index (κ2) is 5.87. The molecular weight excluding hydrogens is 237 g/mol. The average Bonchev–Trinajstić information content (AvgIpc) is 2.40. The van der Waals surface area contributed by atoms with E-state index in [2.05, 4.69) is 43.4 Å². The Kier molecular flexibility index (Phi) is 4.20. The quantitative estimate of drug-likeness (QED) is 0.824. The predicted molar refractivity (Wildman–Crippen MR) is 79.0 cm³/mol. The molecule has 1 nitrogen and oxygen atoms in total. The van der Waals surface area contributed by atoms with Crippen molar-refractivity contribution in [2.75, 3.05) is 5.32 Å². The lowest BCUT2D eigenvalue weighted by molar-refractivity contribution is 0.629. The topological polar surface area (TPSA) is 12.0 Å². The van der Waals surface area contributed by atoms with E-state index in [0.717, 1.165) is 11.1 Å². The number of rotatable bonds is 4. The Labute approximate surface area is 114 Å². The highest BCUT2D eigenvalue weighted by molar-refractivity contribution is 5.47. The summed E-state index contributed by atoms with van der Waals surface area (Å²) in [6.07, 6.45) is 0. The fourth-order valence-corrected chi connectivity index (χ4v) is 1.99. The molecule has 2 heteroatoms.